The summed E-state index contributed by atoms with van der Waals surface area (Å²) in [6, 6.07) is 27.0. The lowest BCUT2D eigenvalue weighted by atomic mass is 10.2. The Morgan fingerprint density at radius 1 is 0.897 bits per heavy atom. The zero-order valence-corrected chi connectivity index (χ0v) is 17.0. The average molecular weight is 389 g/mol. The van der Waals surface area contributed by atoms with Gasteiger partial charge in [0.25, 0.3) is 0 Å². The lowest BCUT2D eigenvalue weighted by Gasteiger charge is -2.20. The van der Waals surface area contributed by atoms with E-state index in [9.17, 15) is 4.79 Å². The normalized spacial score (nSPS) is 10.5. The summed E-state index contributed by atoms with van der Waals surface area (Å²) in [5, 5.41) is 3.02. The minimum absolute atomic E-state index is 0.386. The highest BCUT2D eigenvalue weighted by Crippen LogP contribution is 2.14. The molecule has 0 bridgehead atoms. The Hall–Kier alpha value is -3.60. The maximum absolute atomic E-state index is 10.4. The van der Waals surface area contributed by atoms with E-state index >= 15 is 0 Å². The van der Waals surface area contributed by atoms with Gasteiger partial charge >= 0.3 is 0 Å². The average Bonchev–Trinajstić information content (AvgIpc) is 2.77. The van der Waals surface area contributed by atoms with Crippen LogP contribution < -0.4 is 16.0 Å². The highest BCUT2D eigenvalue weighted by Gasteiger charge is 2.00. The number of aldehydes is 1. The number of nitrogens with two attached hydrogens (primary N) is 1. The number of carbonyl (C=O) groups is 1. The maximum atomic E-state index is 10.4. The summed E-state index contributed by atoms with van der Waals surface area (Å²) in [6.45, 7) is 6.24. The monoisotopic (exact) mass is 388 g/mol. The fourth-order valence-electron chi connectivity index (χ4n) is 2.69. The van der Waals surface area contributed by atoms with Crippen LogP contribution in [0.3, 0.4) is 0 Å². The molecule has 29 heavy (non-hydrogen) atoms. The number of anilines is 2. The quantitative estimate of drug-likeness (QED) is 0.350. The minimum Gasteiger partial charge on any atom is -0.372 e. The molecule has 0 radical (unpaired) electrons. The number of nitrogens with one attached hydrogen (secondary N) is 1. The molecular formula is C24H28N4O. The summed E-state index contributed by atoms with van der Waals surface area (Å²) in [4.78, 5) is 16.9. The fraction of sp³-hybridized carbons (Fsp3) is 0.167. The van der Waals surface area contributed by atoms with Gasteiger partial charge in [0.1, 0.15) is 6.29 Å². The fourth-order valence-corrected chi connectivity index (χ4v) is 2.69. The van der Waals surface area contributed by atoms with Crippen molar-refractivity contribution >= 4 is 29.3 Å². The second kappa shape index (κ2) is 12.0. The van der Waals surface area contributed by atoms with E-state index < -0.39 is 0 Å². The number of benzene rings is 3. The van der Waals surface area contributed by atoms with Crippen molar-refractivity contribution in [2.24, 2.45) is 10.7 Å². The van der Waals surface area contributed by atoms with Crippen LogP contribution in [0.1, 0.15) is 24.2 Å². The molecule has 0 saturated heterocycles. The third kappa shape index (κ3) is 7.50. The van der Waals surface area contributed by atoms with Crippen LogP contribution in [0.2, 0.25) is 0 Å². The maximum Gasteiger partial charge on any atom is 0.198 e. The van der Waals surface area contributed by atoms with Crippen molar-refractivity contribution < 1.29 is 4.79 Å². The summed E-state index contributed by atoms with van der Waals surface area (Å²) in [5.74, 6) is 0.386. The standard InChI is InChI=1S/C13H13N3.C11H15NO/c14-13(15-11-7-3-1-4-8-11)16-12-9-5-2-6-10-12;1-3-12(4-2)11-7-5-10(9-13)6-8-11/h1-10H,(H3,14,15,16);5-9H,3-4H2,1-2H3. The highest BCUT2D eigenvalue weighted by atomic mass is 16.1. The van der Waals surface area contributed by atoms with E-state index in [1.165, 1.54) is 5.69 Å². The zero-order valence-electron chi connectivity index (χ0n) is 17.0. The van der Waals surface area contributed by atoms with E-state index in [1.54, 1.807) is 0 Å². The molecule has 0 heterocycles. The Bertz CT molecular complexity index is 874. The molecule has 0 aromatic heterocycles. The lowest BCUT2D eigenvalue weighted by molar-refractivity contribution is 0.112. The summed E-state index contributed by atoms with van der Waals surface area (Å²) < 4.78 is 0. The van der Waals surface area contributed by atoms with Gasteiger partial charge in [-0.1, -0.05) is 36.4 Å². The van der Waals surface area contributed by atoms with Crippen molar-refractivity contribution in [3.05, 3.63) is 90.5 Å². The van der Waals surface area contributed by atoms with Gasteiger partial charge in [0.15, 0.2) is 5.96 Å². The first-order valence-corrected chi connectivity index (χ1v) is 9.67. The number of aliphatic imine (C=N–C) groups is 1. The second-order valence-corrected chi connectivity index (χ2v) is 6.21. The van der Waals surface area contributed by atoms with Gasteiger partial charge in [-0.3, -0.25) is 4.79 Å². The molecule has 3 aromatic carbocycles. The van der Waals surface area contributed by atoms with Crippen molar-refractivity contribution in [2.45, 2.75) is 13.8 Å². The number of hydrogen-bond donors (Lipinski definition) is 2. The molecule has 3 N–H and O–H groups in total. The molecular weight excluding hydrogens is 360 g/mol. The predicted octanol–water partition coefficient (Wildman–Crippen LogP) is 5.09. The molecule has 0 aliphatic heterocycles. The largest absolute Gasteiger partial charge is 0.372 e. The van der Waals surface area contributed by atoms with Gasteiger partial charge in [-0.2, -0.15) is 0 Å². The first-order valence-electron chi connectivity index (χ1n) is 9.67. The highest BCUT2D eigenvalue weighted by molar-refractivity contribution is 5.93. The molecule has 0 amide bonds. The van der Waals surface area contributed by atoms with Crippen LogP contribution >= 0.6 is 0 Å². The molecule has 3 rings (SSSR count). The number of guanidine groups is 1. The molecule has 0 unspecified atom stereocenters. The Kier molecular flexibility index (Phi) is 8.96. The number of carbonyl (C=O) groups excluding carboxylic acids is 1. The van der Waals surface area contributed by atoms with Crippen molar-refractivity contribution in [3.63, 3.8) is 0 Å². The Morgan fingerprint density at radius 2 is 1.45 bits per heavy atom. The number of para-hydroxylation sites is 2. The predicted molar refractivity (Wildman–Crippen MR) is 123 cm³/mol. The molecule has 5 nitrogen and oxygen atoms in total. The number of hydrogen-bond acceptors (Lipinski definition) is 3. The molecule has 5 heteroatoms. The van der Waals surface area contributed by atoms with E-state index in [0.29, 0.717) is 5.96 Å². The SMILES string of the molecule is CCN(CC)c1ccc(C=O)cc1.NC(=Nc1ccccc1)Nc1ccccc1. The third-order valence-corrected chi connectivity index (χ3v) is 4.21. The Balaban J connectivity index is 0.000000212. The first-order chi connectivity index (χ1) is 14.2. The molecule has 0 fully saturated rings. The van der Waals surface area contributed by atoms with Crippen molar-refractivity contribution in [3.8, 4) is 0 Å². The van der Waals surface area contributed by atoms with Crippen LogP contribution in [-0.4, -0.2) is 25.3 Å². The Morgan fingerprint density at radius 3 is 1.97 bits per heavy atom. The molecule has 150 valence electrons. The number of rotatable bonds is 6. The van der Waals surface area contributed by atoms with E-state index in [1.807, 2.05) is 84.9 Å². The summed E-state index contributed by atoms with van der Waals surface area (Å²) in [6.07, 6.45) is 0.867. The first kappa shape index (κ1) is 21.7. The van der Waals surface area contributed by atoms with Crippen molar-refractivity contribution in [1.82, 2.24) is 0 Å². The lowest BCUT2D eigenvalue weighted by Crippen LogP contribution is -2.21. The van der Waals surface area contributed by atoms with Gasteiger partial charge in [0.2, 0.25) is 0 Å². The molecule has 0 atom stereocenters. The van der Waals surface area contributed by atoms with Gasteiger partial charge in [-0.05, 0) is 62.4 Å². The van der Waals surface area contributed by atoms with Crippen LogP contribution in [0.4, 0.5) is 17.1 Å². The molecule has 0 saturated carbocycles. The Labute approximate surface area is 172 Å². The molecule has 3 aromatic rings. The topological polar surface area (TPSA) is 70.7 Å². The molecule has 0 spiro atoms. The van der Waals surface area contributed by atoms with Crippen LogP contribution in [0.15, 0.2) is 89.9 Å². The van der Waals surface area contributed by atoms with Crippen LogP contribution in [0.5, 0.6) is 0 Å². The van der Waals surface area contributed by atoms with E-state index in [2.05, 4.69) is 29.1 Å². The second-order valence-electron chi connectivity index (χ2n) is 6.21. The number of nitrogens with zero attached hydrogens (tertiary/aromatic N) is 2. The van der Waals surface area contributed by atoms with Crippen LogP contribution in [0.25, 0.3) is 0 Å². The van der Waals surface area contributed by atoms with Gasteiger partial charge in [0, 0.05) is 30.0 Å². The smallest absolute Gasteiger partial charge is 0.198 e. The van der Waals surface area contributed by atoms with Gasteiger partial charge in [-0.25, -0.2) is 4.99 Å². The third-order valence-electron chi connectivity index (χ3n) is 4.21. The van der Waals surface area contributed by atoms with Crippen molar-refractivity contribution in [2.75, 3.05) is 23.3 Å². The summed E-state index contributed by atoms with van der Waals surface area (Å²) in [5.41, 5.74) is 9.45. The van der Waals surface area contributed by atoms with Gasteiger partial charge in [0.05, 0.1) is 5.69 Å². The van der Waals surface area contributed by atoms with Crippen LogP contribution in [-0.2, 0) is 0 Å². The zero-order chi connectivity index (χ0) is 20.9. The summed E-state index contributed by atoms with van der Waals surface area (Å²) >= 11 is 0. The molecule has 0 aliphatic rings. The van der Waals surface area contributed by atoms with Crippen molar-refractivity contribution in [1.29, 1.82) is 0 Å². The molecule has 0 aliphatic carbocycles. The van der Waals surface area contributed by atoms with E-state index in [4.69, 9.17) is 5.73 Å². The van der Waals surface area contributed by atoms with Gasteiger partial charge in [-0.15, -0.1) is 0 Å². The van der Waals surface area contributed by atoms with Gasteiger partial charge < -0.3 is 16.0 Å². The van der Waals surface area contributed by atoms with E-state index in [-0.39, 0.29) is 0 Å². The van der Waals surface area contributed by atoms with Crippen LogP contribution in [0, 0.1) is 0 Å². The minimum atomic E-state index is 0.386. The summed E-state index contributed by atoms with van der Waals surface area (Å²) in [7, 11) is 0. The van der Waals surface area contributed by atoms with E-state index in [0.717, 1.165) is 36.3 Å².